The maximum atomic E-state index is 13.0. The summed E-state index contributed by atoms with van der Waals surface area (Å²) in [4.78, 5) is 24.9. The number of carbonyl (C=O) groups is 1. The highest BCUT2D eigenvalue weighted by Crippen LogP contribution is 2.57. The van der Waals surface area contributed by atoms with Crippen molar-refractivity contribution in [3.8, 4) is 0 Å². The number of rotatable bonds is 7. The maximum Gasteiger partial charge on any atom is 0.478 e. The molecule has 0 saturated carbocycles. The molecule has 5 atom stereocenters. The van der Waals surface area contributed by atoms with Crippen molar-refractivity contribution in [2.45, 2.75) is 41.5 Å². The number of aromatic nitrogens is 4. The van der Waals surface area contributed by atoms with Crippen molar-refractivity contribution in [2.75, 3.05) is 26.2 Å². The number of nitrogens with two attached hydrogens (primary N) is 1. The van der Waals surface area contributed by atoms with E-state index in [9.17, 15) is 9.36 Å². The van der Waals surface area contributed by atoms with Gasteiger partial charge in [-0.2, -0.15) is 0 Å². The van der Waals surface area contributed by atoms with E-state index in [2.05, 4.69) is 19.7 Å². The first-order valence-corrected chi connectivity index (χ1v) is 13.2. The zero-order valence-electron chi connectivity index (χ0n) is 19.0. The molecule has 16 heteroatoms. The summed E-state index contributed by atoms with van der Waals surface area (Å²) in [6.45, 7) is 0.498. The highest BCUT2D eigenvalue weighted by atomic mass is 35.5. The Hall–Kier alpha value is -2.29. The third-order valence-electron chi connectivity index (χ3n) is 5.43. The Morgan fingerprint density at radius 2 is 2.11 bits per heavy atom. The summed E-state index contributed by atoms with van der Waals surface area (Å²) in [6.07, 6.45) is -1.72. The van der Waals surface area contributed by atoms with Crippen molar-refractivity contribution in [1.29, 1.82) is 0 Å². The number of anilines is 1. The lowest BCUT2D eigenvalue weighted by molar-refractivity contribution is -0.150. The highest BCUT2D eigenvalue weighted by Gasteiger charge is 2.55. The average molecular weight is 564 g/mol. The first kappa shape index (κ1) is 25.4. The average Bonchev–Trinajstić information content (AvgIpc) is 3.37. The number of methoxy groups -OCH3 is 1. The Bertz CT molecular complexity index is 1330. The van der Waals surface area contributed by atoms with Crippen molar-refractivity contribution in [3.05, 3.63) is 35.6 Å². The Balaban J connectivity index is 1.48. The molecule has 36 heavy (non-hydrogen) atoms. The van der Waals surface area contributed by atoms with Crippen LogP contribution in [0.3, 0.4) is 0 Å². The lowest BCUT2D eigenvalue weighted by Crippen LogP contribution is -2.40. The number of esters is 1. The van der Waals surface area contributed by atoms with Crippen LogP contribution in [0.5, 0.6) is 0 Å². The van der Waals surface area contributed by atoms with Crippen molar-refractivity contribution < 1.29 is 37.1 Å². The summed E-state index contributed by atoms with van der Waals surface area (Å²) < 4.78 is 47.4. The van der Waals surface area contributed by atoms with Crippen LogP contribution in [0.25, 0.3) is 11.2 Å². The number of ether oxygens (including phenoxy) is 3. The fourth-order valence-electron chi connectivity index (χ4n) is 3.83. The molecule has 2 aliphatic heterocycles. The topological polar surface area (TPSA) is 159 Å². The van der Waals surface area contributed by atoms with Gasteiger partial charge < -0.3 is 19.9 Å². The molecule has 13 nitrogen and oxygen atoms in total. The molecule has 0 bridgehead atoms. The second kappa shape index (κ2) is 10.2. The second-order valence-electron chi connectivity index (χ2n) is 7.71. The summed E-state index contributed by atoms with van der Waals surface area (Å²) in [6, 6.07) is 7.23. The number of hydrogen-bond donors (Lipinski definition) is 1. The van der Waals surface area contributed by atoms with Crippen LogP contribution in [0.2, 0.25) is 5.02 Å². The van der Waals surface area contributed by atoms with Gasteiger partial charge in [0.1, 0.15) is 24.6 Å². The molecule has 2 fully saturated rings. The number of phosphoric ester groups is 1. The zero-order valence-corrected chi connectivity index (χ0v) is 21.4. The number of carbonyl (C=O) groups excluding carboxylic acids is 1. The van der Waals surface area contributed by atoms with Crippen LogP contribution in [-0.2, 0) is 37.1 Å². The third kappa shape index (κ3) is 4.95. The van der Waals surface area contributed by atoms with Crippen LogP contribution >= 0.6 is 31.2 Å². The number of hydrogen-bond acceptors (Lipinski definition) is 13. The van der Waals surface area contributed by atoms with Gasteiger partial charge in [-0.15, -0.1) is 0 Å². The second-order valence-corrected chi connectivity index (χ2v) is 10.8. The Morgan fingerprint density at radius 1 is 1.33 bits per heavy atom. The molecule has 2 aliphatic rings. The largest absolute Gasteiger partial charge is 0.478 e. The highest BCUT2D eigenvalue weighted by molar-refractivity contribution is 7.99. The number of nitrogen functional groups attached to an aromatic ring is 1. The number of benzene rings is 1. The summed E-state index contributed by atoms with van der Waals surface area (Å²) in [5.41, 5.74) is 6.88. The third-order valence-corrected chi connectivity index (χ3v) is 8.05. The van der Waals surface area contributed by atoms with Gasteiger partial charge in [-0.3, -0.25) is 18.4 Å². The molecule has 3 aromatic rings. The van der Waals surface area contributed by atoms with Crippen LogP contribution in [0.1, 0.15) is 13.2 Å². The molecule has 2 saturated heterocycles. The van der Waals surface area contributed by atoms with E-state index in [-0.39, 0.29) is 12.4 Å². The minimum absolute atomic E-state index is 0.109. The van der Waals surface area contributed by atoms with Crippen LogP contribution in [0.15, 0.2) is 40.6 Å². The molecule has 192 valence electrons. The molecule has 2 N–H and O–H groups in total. The first-order valence-electron chi connectivity index (χ1n) is 10.6. The van der Waals surface area contributed by atoms with E-state index < -0.39 is 45.1 Å². The molecule has 4 heterocycles. The van der Waals surface area contributed by atoms with Gasteiger partial charge in [0.05, 0.1) is 6.61 Å². The predicted molar refractivity (Wildman–Crippen MR) is 126 cm³/mol. The lowest BCUT2D eigenvalue weighted by Gasteiger charge is -2.31. The Labute approximate surface area is 214 Å². The van der Waals surface area contributed by atoms with Crippen LogP contribution in [0.4, 0.5) is 5.82 Å². The van der Waals surface area contributed by atoms with E-state index in [1.165, 1.54) is 32.1 Å². The predicted octanol–water partition coefficient (Wildman–Crippen LogP) is 3.19. The number of phosphoric acid groups is 1. The normalized spacial score (nSPS) is 27.8. The van der Waals surface area contributed by atoms with Gasteiger partial charge in [-0.05, 0) is 24.3 Å². The monoisotopic (exact) mass is 563 g/mol. The quantitative estimate of drug-likeness (QED) is 0.254. The van der Waals surface area contributed by atoms with Crippen LogP contribution in [-0.4, -0.2) is 64.3 Å². The van der Waals surface area contributed by atoms with Gasteiger partial charge in [0.25, 0.3) is 0 Å². The van der Waals surface area contributed by atoms with Gasteiger partial charge in [0.15, 0.2) is 28.4 Å². The van der Waals surface area contributed by atoms with E-state index in [1.807, 2.05) is 12.1 Å². The van der Waals surface area contributed by atoms with Crippen molar-refractivity contribution in [1.82, 2.24) is 19.5 Å². The van der Waals surface area contributed by atoms with E-state index in [4.69, 9.17) is 40.4 Å². The molecule has 1 unspecified atom stereocenters. The Morgan fingerprint density at radius 3 is 2.83 bits per heavy atom. The molecule has 0 spiro atoms. The fourth-order valence-corrected chi connectivity index (χ4v) is 6.13. The van der Waals surface area contributed by atoms with Crippen LogP contribution in [0, 0.1) is 0 Å². The number of nitrogens with zero attached hydrogens (tertiary/aromatic N) is 4. The molecule has 5 rings (SSSR count). The van der Waals surface area contributed by atoms with Gasteiger partial charge >= 0.3 is 13.8 Å². The molecule has 2 aromatic heterocycles. The Kier molecular flexibility index (Phi) is 7.21. The van der Waals surface area contributed by atoms with Gasteiger partial charge in [0, 0.05) is 24.0 Å². The summed E-state index contributed by atoms with van der Waals surface area (Å²) in [7, 11) is -2.57. The summed E-state index contributed by atoms with van der Waals surface area (Å²) in [5.74, 6) is -0.404. The standard InChI is InChI=1S/C20H21ClN5O8PS/c1-10(27)30-9-32-35(28)31-7-13-15(34-35)16(29-2)19(33-13)26-18-14(17(22)23-8-24-18)25-20(26)36-12-5-3-11(21)4-6-12/h3-6,8,13,15-16,19H,7,9H2,1-2H3,(H2,22,23,24)/t13-,15-,16-,19-,35?/m1/s1/i3+1,4+1,5+1,6+1,11+1,12+1. The number of halogens is 1. The van der Waals surface area contributed by atoms with Crippen molar-refractivity contribution >= 4 is 54.1 Å². The molecule has 0 amide bonds. The van der Waals surface area contributed by atoms with Gasteiger partial charge in [-0.25, -0.2) is 24.0 Å². The SMILES string of the molecule is CO[C@@H]1[C@@H]2OP(=O)(OCOC(C)=O)OC[C@H]2O[C@H]1n1c(S[13c]2[13cH][13cH][13c](Cl)[13cH][13cH]2)nc2c(N)ncnc21. The first-order chi connectivity index (χ1) is 17.3. The summed E-state index contributed by atoms with van der Waals surface area (Å²) >= 11 is 7.37. The van der Waals surface area contributed by atoms with E-state index in [1.54, 1.807) is 16.7 Å². The molecule has 0 aliphatic carbocycles. The number of fused-ring (bicyclic) bond motifs is 2. The van der Waals surface area contributed by atoms with Gasteiger partial charge in [-0.1, -0.05) is 23.4 Å². The maximum absolute atomic E-state index is 13.0. The number of imidazole rings is 1. The smallest absolute Gasteiger partial charge is 0.438 e. The lowest BCUT2D eigenvalue weighted by atomic mass is 10.1. The van der Waals surface area contributed by atoms with E-state index in [0.29, 0.717) is 21.3 Å². The molecule has 0 radical (unpaired) electrons. The zero-order chi connectivity index (χ0) is 25.4. The van der Waals surface area contributed by atoms with Crippen LogP contribution < -0.4 is 5.73 Å². The molecular formula is C20H21ClN5O8PS. The minimum atomic E-state index is -4.05. The van der Waals surface area contributed by atoms with E-state index in [0.717, 1.165) is 4.90 Å². The summed E-state index contributed by atoms with van der Waals surface area (Å²) in [5, 5.41) is 1.10. The minimum Gasteiger partial charge on any atom is -0.438 e. The van der Waals surface area contributed by atoms with E-state index >= 15 is 0 Å². The van der Waals surface area contributed by atoms with Crippen molar-refractivity contribution in [2.24, 2.45) is 0 Å². The van der Waals surface area contributed by atoms with Gasteiger partial charge in [0.2, 0.25) is 6.79 Å². The fraction of sp³-hybridized carbons (Fsp3) is 0.400. The molecular weight excluding hydrogens is 543 g/mol. The molecule has 1 aromatic carbocycles. The van der Waals surface area contributed by atoms with Crippen molar-refractivity contribution in [3.63, 3.8) is 0 Å².